The fraction of sp³-hybridized carbons (Fsp3) is 0.375. The number of hydrogen-bond donors (Lipinski definition) is 1. The Morgan fingerprint density at radius 2 is 2.23 bits per heavy atom. The molecule has 0 radical (unpaired) electrons. The Kier molecular flexibility index (Phi) is 4.11. The first kappa shape index (κ1) is 15.0. The van der Waals surface area contributed by atoms with Gasteiger partial charge in [0.1, 0.15) is 0 Å². The molecule has 6 heteroatoms. The van der Waals surface area contributed by atoms with Gasteiger partial charge in [-0.05, 0) is 24.5 Å². The molecule has 116 valence electrons. The highest BCUT2D eigenvalue weighted by atomic mass is 32.2. The molecular weight excluding hydrogens is 300 g/mol. The van der Waals surface area contributed by atoms with Crippen LogP contribution in [0.2, 0.25) is 0 Å². The van der Waals surface area contributed by atoms with Crippen molar-refractivity contribution >= 4 is 34.5 Å². The summed E-state index contributed by atoms with van der Waals surface area (Å²) < 4.78 is 4.78. The van der Waals surface area contributed by atoms with Crippen molar-refractivity contribution < 1.29 is 14.3 Å². The first-order valence-corrected chi connectivity index (χ1v) is 8.52. The number of nitrogens with one attached hydrogen (secondary N) is 1. The number of ether oxygens (including phenoxy) is 1. The largest absolute Gasteiger partial charge is 0.465 e. The van der Waals surface area contributed by atoms with E-state index in [1.165, 1.54) is 18.9 Å². The van der Waals surface area contributed by atoms with Crippen LogP contribution in [-0.2, 0) is 22.5 Å². The molecule has 1 amide bonds. The second kappa shape index (κ2) is 6.04. The van der Waals surface area contributed by atoms with Gasteiger partial charge in [0, 0.05) is 41.7 Å². The third-order valence-corrected chi connectivity index (χ3v) is 4.55. The number of benzene rings is 1. The summed E-state index contributed by atoms with van der Waals surface area (Å²) in [6.45, 7) is 1.34. The zero-order chi connectivity index (χ0) is 15.7. The van der Waals surface area contributed by atoms with Crippen LogP contribution in [0.5, 0.6) is 0 Å². The van der Waals surface area contributed by atoms with E-state index in [1.54, 1.807) is 6.07 Å². The number of aromatic amines is 1. The monoisotopic (exact) mass is 318 g/mol. The predicted molar refractivity (Wildman–Crippen MR) is 87.1 cm³/mol. The van der Waals surface area contributed by atoms with E-state index in [9.17, 15) is 9.59 Å². The molecule has 3 rings (SSSR count). The van der Waals surface area contributed by atoms with Gasteiger partial charge in [-0.15, -0.1) is 0 Å². The molecule has 22 heavy (non-hydrogen) atoms. The summed E-state index contributed by atoms with van der Waals surface area (Å²) in [6, 6.07) is 5.50. The zero-order valence-corrected chi connectivity index (χ0v) is 13.5. The average molecular weight is 318 g/mol. The molecule has 1 N–H and O–H groups in total. The maximum Gasteiger partial charge on any atom is 0.337 e. The van der Waals surface area contributed by atoms with Crippen molar-refractivity contribution in [2.24, 2.45) is 0 Å². The van der Waals surface area contributed by atoms with Gasteiger partial charge in [0.15, 0.2) is 0 Å². The molecule has 0 fully saturated rings. The summed E-state index contributed by atoms with van der Waals surface area (Å²) in [5, 5.41) is 1.000. The van der Waals surface area contributed by atoms with Crippen molar-refractivity contribution in [1.29, 1.82) is 0 Å². The molecule has 2 aromatic rings. The normalized spacial score (nSPS) is 14.0. The van der Waals surface area contributed by atoms with Crippen LogP contribution in [0.3, 0.4) is 0 Å². The Balaban J connectivity index is 1.97. The maximum atomic E-state index is 12.1. The van der Waals surface area contributed by atoms with Crippen LogP contribution < -0.4 is 0 Å². The first-order valence-electron chi connectivity index (χ1n) is 7.12. The van der Waals surface area contributed by atoms with Crippen LogP contribution in [0.1, 0.15) is 21.6 Å². The Labute approximate surface area is 133 Å². The van der Waals surface area contributed by atoms with E-state index in [2.05, 4.69) is 4.98 Å². The third kappa shape index (κ3) is 2.59. The number of aromatic nitrogens is 1. The van der Waals surface area contributed by atoms with Crippen LogP contribution in [0.15, 0.2) is 18.2 Å². The lowest BCUT2D eigenvalue weighted by Crippen LogP contribution is -2.36. The third-order valence-electron chi connectivity index (χ3n) is 4.02. The van der Waals surface area contributed by atoms with Gasteiger partial charge in [-0.25, -0.2) is 4.79 Å². The molecule has 1 aliphatic rings. The second-order valence-corrected chi connectivity index (χ2v) is 6.20. The number of rotatable bonds is 3. The summed E-state index contributed by atoms with van der Waals surface area (Å²) in [5.74, 6) is 0.324. The Morgan fingerprint density at radius 1 is 1.41 bits per heavy atom. The lowest BCUT2D eigenvalue weighted by molar-refractivity contribution is -0.129. The maximum absolute atomic E-state index is 12.1. The van der Waals surface area contributed by atoms with Gasteiger partial charge in [-0.3, -0.25) is 4.79 Å². The van der Waals surface area contributed by atoms with Gasteiger partial charge < -0.3 is 14.6 Å². The van der Waals surface area contributed by atoms with Crippen LogP contribution in [0, 0.1) is 0 Å². The number of fused-ring (bicyclic) bond motifs is 3. The summed E-state index contributed by atoms with van der Waals surface area (Å²) in [6.07, 6.45) is 2.75. The smallest absolute Gasteiger partial charge is 0.337 e. The van der Waals surface area contributed by atoms with Crippen molar-refractivity contribution in [3.63, 3.8) is 0 Å². The molecular formula is C16H18N2O3S. The zero-order valence-electron chi connectivity index (χ0n) is 12.6. The fourth-order valence-electron chi connectivity index (χ4n) is 2.89. The lowest BCUT2D eigenvalue weighted by atomic mass is 10.0. The molecule has 1 aromatic carbocycles. The summed E-state index contributed by atoms with van der Waals surface area (Å²) in [4.78, 5) is 29.1. The van der Waals surface area contributed by atoms with E-state index in [4.69, 9.17) is 4.74 Å². The molecule has 0 unspecified atom stereocenters. The number of methoxy groups -OCH3 is 1. The van der Waals surface area contributed by atoms with Gasteiger partial charge in [0.2, 0.25) is 5.91 Å². The quantitative estimate of drug-likeness (QED) is 0.881. The van der Waals surface area contributed by atoms with E-state index >= 15 is 0 Å². The fourth-order valence-corrected chi connectivity index (χ4v) is 3.32. The van der Waals surface area contributed by atoms with E-state index in [0.717, 1.165) is 35.1 Å². The molecule has 0 aliphatic carbocycles. The molecule has 0 saturated heterocycles. The van der Waals surface area contributed by atoms with E-state index in [1.807, 2.05) is 23.3 Å². The van der Waals surface area contributed by atoms with Crippen LogP contribution >= 0.6 is 11.8 Å². The van der Waals surface area contributed by atoms with Crippen molar-refractivity contribution in [3.05, 3.63) is 35.0 Å². The van der Waals surface area contributed by atoms with Gasteiger partial charge >= 0.3 is 5.97 Å². The number of esters is 1. The summed E-state index contributed by atoms with van der Waals surface area (Å²) in [5.41, 5.74) is 3.80. The number of H-pyrrole nitrogens is 1. The molecule has 0 bridgehead atoms. The van der Waals surface area contributed by atoms with E-state index in [0.29, 0.717) is 17.9 Å². The van der Waals surface area contributed by atoms with E-state index < -0.39 is 0 Å². The van der Waals surface area contributed by atoms with Crippen molar-refractivity contribution in [2.45, 2.75) is 13.0 Å². The SMILES string of the molecule is COC(=O)c1ccc2[nH]c3c(c2c1)CN(C(=O)CSC)CC3. The summed E-state index contributed by atoms with van der Waals surface area (Å²) >= 11 is 1.54. The number of carbonyl (C=O) groups is 2. The molecule has 0 atom stereocenters. The molecule has 0 saturated carbocycles. The minimum absolute atomic E-state index is 0.164. The van der Waals surface area contributed by atoms with Gasteiger partial charge in [0.25, 0.3) is 0 Å². The molecule has 0 spiro atoms. The standard InChI is InChI=1S/C16H18N2O3S/c1-21-16(20)10-3-4-13-11(7-10)12-8-18(15(19)9-22-2)6-5-14(12)17-13/h3-4,7,17H,5-6,8-9H2,1-2H3. The van der Waals surface area contributed by atoms with Crippen LogP contribution in [0.4, 0.5) is 0 Å². The highest BCUT2D eigenvalue weighted by Crippen LogP contribution is 2.29. The van der Waals surface area contributed by atoms with E-state index in [-0.39, 0.29) is 11.9 Å². The van der Waals surface area contributed by atoms with Crippen LogP contribution in [-0.4, -0.2) is 47.4 Å². The Morgan fingerprint density at radius 3 is 2.95 bits per heavy atom. The van der Waals surface area contributed by atoms with Crippen molar-refractivity contribution in [2.75, 3.05) is 25.7 Å². The van der Waals surface area contributed by atoms with Crippen LogP contribution in [0.25, 0.3) is 10.9 Å². The lowest BCUT2D eigenvalue weighted by Gasteiger charge is -2.27. The number of nitrogens with zero attached hydrogens (tertiary/aromatic N) is 1. The molecule has 1 aliphatic heterocycles. The van der Waals surface area contributed by atoms with Gasteiger partial charge in [0.05, 0.1) is 18.4 Å². The predicted octanol–water partition coefficient (Wildman–Crippen LogP) is 2.20. The minimum atomic E-state index is -0.344. The van der Waals surface area contributed by atoms with Gasteiger partial charge in [-0.2, -0.15) is 11.8 Å². The second-order valence-electron chi connectivity index (χ2n) is 5.33. The topological polar surface area (TPSA) is 62.4 Å². The molecule has 2 heterocycles. The first-order chi connectivity index (χ1) is 10.6. The molecule has 1 aromatic heterocycles. The average Bonchev–Trinajstić information content (AvgIpc) is 2.91. The van der Waals surface area contributed by atoms with Crippen molar-refractivity contribution in [3.8, 4) is 0 Å². The highest BCUT2D eigenvalue weighted by Gasteiger charge is 2.24. The number of carbonyl (C=O) groups excluding carboxylic acids is 2. The number of hydrogen-bond acceptors (Lipinski definition) is 4. The van der Waals surface area contributed by atoms with Gasteiger partial charge in [-0.1, -0.05) is 0 Å². The number of thioether (sulfide) groups is 1. The Bertz CT molecular complexity index is 738. The van der Waals surface area contributed by atoms with Crippen molar-refractivity contribution in [1.82, 2.24) is 9.88 Å². The molecule has 5 nitrogen and oxygen atoms in total. The summed E-state index contributed by atoms with van der Waals surface area (Å²) in [7, 11) is 1.38. The highest BCUT2D eigenvalue weighted by molar-refractivity contribution is 7.99. The Hall–Kier alpha value is -1.95. The number of amides is 1. The minimum Gasteiger partial charge on any atom is -0.465 e.